The van der Waals surface area contributed by atoms with Gasteiger partial charge in [0.15, 0.2) is 11.5 Å². The molecule has 8 nitrogen and oxygen atoms in total. The van der Waals surface area contributed by atoms with E-state index < -0.39 is 11.7 Å². The molecule has 0 bridgehead atoms. The number of benzene rings is 1. The number of hydrogen-bond acceptors (Lipinski definition) is 7. The van der Waals surface area contributed by atoms with Crippen molar-refractivity contribution in [3.05, 3.63) is 64.0 Å². The Morgan fingerprint density at radius 1 is 1.09 bits per heavy atom. The van der Waals surface area contributed by atoms with Gasteiger partial charge in [0.25, 0.3) is 5.91 Å². The van der Waals surface area contributed by atoms with Gasteiger partial charge in [0.05, 0.1) is 42.0 Å². The van der Waals surface area contributed by atoms with Crippen LogP contribution in [-0.4, -0.2) is 49.7 Å². The van der Waals surface area contributed by atoms with Gasteiger partial charge >= 0.3 is 0 Å². The number of nitrogens with zero attached hydrogens (tertiary/aromatic N) is 3. The highest BCUT2D eigenvalue weighted by atomic mass is 35.5. The topological polar surface area (TPSA) is 93.1 Å². The molecule has 0 radical (unpaired) electrons. The van der Waals surface area contributed by atoms with E-state index in [-0.39, 0.29) is 10.7 Å². The number of carbonyl (C=O) groups is 2. The zero-order valence-electron chi connectivity index (χ0n) is 20.7. The first-order valence-corrected chi connectivity index (χ1v) is 11.6. The van der Waals surface area contributed by atoms with Gasteiger partial charge in [-0.15, -0.1) is 0 Å². The highest BCUT2D eigenvalue weighted by Gasteiger charge is 2.26. The second-order valence-electron chi connectivity index (χ2n) is 7.79. The second-order valence-corrected chi connectivity index (χ2v) is 8.17. The SMILES string of the molecule is CCN(CC)c1ccc(N=C2C=C(NC(=O)c3ccc(OC)c(OC)c3)C(=O)C(Cl)=C2C)c(C)n1. The van der Waals surface area contributed by atoms with E-state index in [1.165, 1.54) is 26.4 Å². The summed E-state index contributed by atoms with van der Waals surface area (Å²) in [5, 5.41) is 2.65. The number of ether oxygens (including phenoxy) is 2. The number of allylic oxidation sites excluding steroid dienone is 3. The number of Topliss-reactive ketones (excluding diaryl/α,β-unsaturated/α-hetero) is 1. The number of ketones is 1. The summed E-state index contributed by atoms with van der Waals surface area (Å²) in [6.45, 7) is 9.45. The smallest absolute Gasteiger partial charge is 0.255 e. The van der Waals surface area contributed by atoms with Crippen LogP contribution in [0.25, 0.3) is 0 Å². The molecule has 184 valence electrons. The molecule has 1 N–H and O–H groups in total. The van der Waals surface area contributed by atoms with Crippen molar-refractivity contribution in [1.82, 2.24) is 10.3 Å². The van der Waals surface area contributed by atoms with Crippen molar-refractivity contribution < 1.29 is 19.1 Å². The number of carbonyl (C=O) groups excluding carboxylic acids is 2. The van der Waals surface area contributed by atoms with Crippen LogP contribution in [0.15, 0.2) is 57.7 Å². The minimum absolute atomic E-state index is 0.000708. The number of halogens is 1. The average Bonchev–Trinajstić information content (AvgIpc) is 2.87. The predicted octanol–water partition coefficient (Wildman–Crippen LogP) is 4.74. The molecular formula is C26H29ClN4O4. The second kappa shape index (κ2) is 11.2. The molecule has 1 aromatic heterocycles. The fraction of sp³-hybridized carbons (Fsp3) is 0.308. The van der Waals surface area contributed by atoms with Crippen LogP contribution in [0.4, 0.5) is 11.5 Å². The lowest BCUT2D eigenvalue weighted by Gasteiger charge is -2.20. The molecule has 1 heterocycles. The Bertz CT molecular complexity index is 1250. The first-order chi connectivity index (χ1) is 16.7. The van der Waals surface area contributed by atoms with Crippen LogP contribution in [0, 0.1) is 6.92 Å². The zero-order valence-corrected chi connectivity index (χ0v) is 21.5. The molecule has 1 aliphatic rings. The van der Waals surface area contributed by atoms with Crippen LogP contribution in [0.3, 0.4) is 0 Å². The van der Waals surface area contributed by atoms with Gasteiger partial charge in [-0.2, -0.15) is 0 Å². The summed E-state index contributed by atoms with van der Waals surface area (Å²) in [5.74, 6) is 0.790. The number of rotatable bonds is 8. The van der Waals surface area contributed by atoms with Gasteiger partial charge in [0.1, 0.15) is 5.82 Å². The van der Waals surface area contributed by atoms with E-state index >= 15 is 0 Å². The fourth-order valence-corrected chi connectivity index (χ4v) is 3.80. The Morgan fingerprint density at radius 2 is 1.77 bits per heavy atom. The van der Waals surface area contributed by atoms with Crippen molar-refractivity contribution in [1.29, 1.82) is 0 Å². The molecule has 1 amide bonds. The third-order valence-corrected chi connectivity index (χ3v) is 6.16. The third kappa shape index (κ3) is 5.54. The summed E-state index contributed by atoms with van der Waals surface area (Å²) < 4.78 is 10.5. The molecule has 0 saturated carbocycles. The van der Waals surface area contributed by atoms with Crippen molar-refractivity contribution in [2.45, 2.75) is 27.7 Å². The number of nitrogens with one attached hydrogen (secondary N) is 1. The number of amides is 1. The first-order valence-electron chi connectivity index (χ1n) is 11.2. The predicted molar refractivity (Wildman–Crippen MR) is 138 cm³/mol. The number of pyridine rings is 1. The molecule has 1 aliphatic carbocycles. The molecule has 35 heavy (non-hydrogen) atoms. The van der Waals surface area contributed by atoms with E-state index in [0.29, 0.717) is 34.0 Å². The fourth-order valence-electron chi connectivity index (χ4n) is 3.60. The van der Waals surface area contributed by atoms with Gasteiger partial charge in [-0.1, -0.05) is 11.6 Å². The lowest BCUT2D eigenvalue weighted by Crippen LogP contribution is -2.31. The van der Waals surface area contributed by atoms with Gasteiger partial charge in [0, 0.05) is 18.7 Å². The molecule has 0 atom stereocenters. The molecule has 3 rings (SSSR count). The lowest BCUT2D eigenvalue weighted by atomic mass is 10.0. The Hall–Kier alpha value is -3.65. The number of anilines is 1. The molecule has 2 aromatic rings. The van der Waals surface area contributed by atoms with E-state index in [4.69, 9.17) is 26.1 Å². The number of aryl methyl sites for hydroxylation is 1. The number of methoxy groups -OCH3 is 2. The summed E-state index contributed by atoms with van der Waals surface area (Å²) in [5.41, 5.74) is 2.71. The maximum Gasteiger partial charge on any atom is 0.255 e. The standard InChI is InChI=1S/C26H29ClN4O4/c1-7-31(8-2)23-12-10-18(16(4)28-23)29-19-14-20(25(32)24(27)15(19)3)30-26(33)17-9-11-21(34-5)22(13-17)35-6/h9-14H,7-8H2,1-6H3,(H,30,33). The Balaban J connectivity index is 1.93. The van der Waals surface area contributed by atoms with Gasteiger partial charge in [0.2, 0.25) is 5.78 Å². The molecule has 0 aliphatic heterocycles. The third-order valence-electron chi connectivity index (χ3n) is 5.70. The van der Waals surface area contributed by atoms with E-state index in [2.05, 4.69) is 29.0 Å². The number of hydrogen-bond donors (Lipinski definition) is 1. The molecule has 0 saturated heterocycles. The summed E-state index contributed by atoms with van der Waals surface area (Å²) in [6.07, 6.45) is 1.53. The molecule has 0 fully saturated rings. The molecule has 9 heteroatoms. The summed E-state index contributed by atoms with van der Waals surface area (Å²) in [4.78, 5) is 37.2. The van der Waals surface area contributed by atoms with Crippen molar-refractivity contribution >= 4 is 40.5 Å². The maximum absolute atomic E-state index is 12.9. The first kappa shape index (κ1) is 26.0. The van der Waals surface area contributed by atoms with E-state index in [1.54, 1.807) is 19.1 Å². The van der Waals surface area contributed by atoms with Gasteiger partial charge in [-0.3, -0.25) is 9.59 Å². The number of aliphatic imine (C=N–C) groups is 1. The van der Waals surface area contributed by atoms with Crippen LogP contribution in [-0.2, 0) is 4.79 Å². The van der Waals surface area contributed by atoms with Crippen molar-refractivity contribution in [3.63, 3.8) is 0 Å². The highest BCUT2D eigenvalue weighted by molar-refractivity contribution is 6.49. The normalized spacial score (nSPS) is 14.7. The average molecular weight is 497 g/mol. The van der Waals surface area contributed by atoms with E-state index in [0.717, 1.165) is 24.6 Å². The van der Waals surface area contributed by atoms with Crippen molar-refractivity contribution in [2.24, 2.45) is 4.99 Å². The van der Waals surface area contributed by atoms with Gasteiger partial charge in [-0.25, -0.2) is 9.98 Å². The van der Waals surface area contributed by atoms with Crippen LogP contribution in [0.1, 0.15) is 36.8 Å². The quantitative estimate of drug-likeness (QED) is 0.531. The lowest BCUT2D eigenvalue weighted by molar-refractivity contribution is -0.112. The minimum Gasteiger partial charge on any atom is -0.493 e. The van der Waals surface area contributed by atoms with Gasteiger partial charge in [-0.05, 0) is 69.7 Å². The minimum atomic E-state index is -0.490. The Kier molecular flexibility index (Phi) is 8.30. The highest BCUT2D eigenvalue weighted by Crippen LogP contribution is 2.29. The van der Waals surface area contributed by atoms with Crippen LogP contribution < -0.4 is 19.7 Å². The molecule has 1 aromatic carbocycles. The van der Waals surface area contributed by atoms with E-state index in [9.17, 15) is 9.59 Å². The zero-order chi connectivity index (χ0) is 25.7. The number of aromatic nitrogens is 1. The van der Waals surface area contributed by atoms with Crippen molar-refractivity contribution in [3.8, 4) is 11.5 Å². The Morgan fingerprint density at radius 3 is 2.37 bits per heavy atom. The summed E-state index contributed by atoms with van der Waals surface area (Å²) in [6, 6.07) is 8.53. The van der Waals surface area contributed by atoms with E-state index in [1.807, 2.05) is 19.1 Å². The summed E-state index contributed by atoms with van der Waals surface area (Å²) >= 11 is 6.33. The summed E-state index contributed by atoms with van der Waals surface area (Å²) in [7, 11) is 2.99. The Labute approximate surface area is 210 Å². The molecular weight excluding hydrogens is 468 g/mol. The largest absolute Gasteiger partial charge is 0.493 e. The van der Waals surface area contributed by atoms with Crippen LogP contribution in [0.5, 0.6) is 11.5 Å². The van der Waals surface area contributed by atoms with Gasteiger partial charge < -0.3 is 19.7 Å². The molecule has 0 unspecified atom stereocenters. The maximum atomic E-state index is 12.9. The van der Waals surface area contributed by atoms with Crippen LogP contribution >= 0.6 is 11.6 Å². The van der Waals surface area contributed by atoms with Crippen molar-refractivity contribution in [2.75, 3.05) is 32.2 Å². The van der Waals surface area contributed by atoms with Crippen LogP contribution in [0.2, 0.25) is 0 Å². The molecule has 0 spiro atoms. The monoisotopic (exact) mass is 496 g/mol.